The third kappa shape index (κ3) is 25.6. The molecule has 0 N–H and O–H groups in total. The maximum absolute atomic E-state index is 12.2. The fourth-order valence-corrected chi connectivity index (χ4v) is 4.67. The summed E-state index contributed by atoms with van der Waals surface area (Å²) in [7, 11) is 0. The van der Waals surface area contributed by atoms with E-state index in [0.29, 0.717) is 12.8 Å². The fourth-order valence-electron chi connectivity index (χ4n) is 4.67. The zero-order valence-corrected chi connectivity index (χ0v) is 24.3. The predicted octanol–water partition coefficient (Wildman–Crippen LogP) is 8.54. The molecule has 38 heavy (non-hydrogen) atoms. The third-order valence-electron chi connectivity index (χ3n) is 6.93. The molecule has 0 aromatic heterocycles. The van der Waals surface area contributed by atoms with E-state index in [2.05, 4.69) is 13.8 Å². The van der Waals surface area contributed by atoms with Crippen molar-refractivity contribution in [1.82, 2.24) is 0 Å². The molecule has 0 amide bonds. The second-order valence-electron chi connectivity index (χ2n) is 10.7. The second-order valence-corrected chi connectivity index (χ2v) is 10.7. The molecule has 0 aliphatic carbocycles. The molecule has 0 aliphatic heterocycles. The molecule has 0 saturated heterocycles. The van der Waals surface area contributed by atoms with Gasteiger partial charge in [-0.15, -0.1) is 0 Å². The zero-order valence-electron chi connectivity index (χ0n) is 24.3. The summed E-state index contributed by atoms with van der Waals surface area (Å²) in [6.45, 7) is 3.41. The van der Waals surface area contributed by atoms with Crippen LogP contribution in [0.1, 0.15) is 155 Å². The molecule has 2 unspecified atom stereocenters. The van der Waals surface area contributed by atoms with Gasteiger partial charge in [0.25, 0.3) is 0 Å². The molecule has 0 bridgehead atoms. The molecule has 0 saturated carbocycles. The van der Waals surface area contributed by atoms with Gasteiger partial charge in [-0.3, -0.25) is 20.2 Å². The van der Waals surface area contributed by atoms with Crippen molar-refractivity contribution in [2.75, 3.05) is 13.1 Å². The van der Waals surface area contributed by atoms with Crippen LogP contribution in [-0.4, -0.2) is 40.2 Å². The standard InChI is InChI=1S/C28H56N3O7/c1-3-5-7-9-11-13-15-17-19-21-23-27(25-29(32)33)37-31(36)38-28(26-30(34)35)24-22-20-18-16-14-12-10-8-6-4-2/h27-28H,3-26H2,1-2H3/q+1. The van der Waals surface area contributed by atoms with Gasteiger partial charge in [0.15, 0.2) is 0 Å². The predicted molar refractivity (Wildman–Crippen MR) is 150 cm³/mol. The van der Waals surface area contributed by atoms with Crippen LogP contribution < -0.4 is 0 Å². The second kappa shape index (κ2) is 26.6. The maximum Gasteiger partial charge on any atom is 0.478 e. The van der Waals surface area contributed by atoms with Crippen LogP contribution in [0.25, 0.3) is 0 Å². The van der Waals surface area contributed by atoms with Gasteiger partial charge in [-0.05, 0) is 25.7 Å². The van der Waals surface area contributed by atoms with Crippen molar-refractivity contribution in [2.45, 2.75) is 167 Å². The highest BCUT2D eigenvalue weighted by Gasteiger charge is 2.32. The minimum Gasteiger partial charge on any atom is -0.264 e. The van der Waals surface area contributed by atoms with Crippen molar-refractivity contribution in [3.05, 3.63) is 25.1 Å². The molecule has 0 aliphatic rings. The van der Waals surface area contributed by atoms with E-state index in [1.165, 1.54) is 77.0 Å². The smallest absolute Gasteiger partial charge is 0.264 e. The lowest BCUT2D eigenvalue weighted by molar-refractivity contribution is -0.995. The molecular formula is C28H56N3O7+. The van der Waals surface area contributed by atoms with Gasteiger partial charge < -0.3 is 0 Å². The van der Waals surface area contributed by atoms with Crippen LogP contribution in [0.2, 0.25) is 0 Å². The summed E-state index contributed by atoms with van der Waals surface area (Å²) in [6, 6.07) is 0. The first-order valence-electron chi connectivity index (χ1n) is 15.4. The average molecular weight is 547 g/mol. The number of hydrogen-bond donors (Lipinski definition) is 0. The van der Waals surface area contributed by atoms with E-state index < -0.39 is 35.1 Å². The Morgan fingerprint density at radius 1 is 0.474 bits per heavy atom. The minimum absolute atomic E-state index is 0.130. The maximum atomic E-state index is 12.2. The van der Waals surface area contributed by atoms with Gasteiger partial charge in [-0.2, -0.15) is 9.68 Å². The van der Waals surface area contributed by atoms with E-state index in [9.17, 15) is 25.1 Å². The fraction of sp³-hybridized carbons (Fsp3) is 1.00. The van der Waals surface area contributed by atoms with E-state index in [-0.39, 0.29) is 5.09 Å². The van der Waals surface area contributed by atoms with Crippen LogP contribution in [0.15, 0.2) is 0 Å². The first-order valence-corrected chi connectivity index (χ1v) is 15.4. The Hall–Kier alpha value is -2.00. The van der Waals surface area contributed by atoms with Crippen LogP contribution in [0.4, 0.5) is 0 Å². The molecule has 224 valence electrons. The SMILES string of the molecule is CCCCCCCCCCCCC(C[N+](=O)[O-])O[N+](=O)OC(CCCCCCCCCCCC)C[N+](=O)[O-]. The van der Waals surface area contributed by atoms with Crippen LogP contribution in [-0.2, 0) is 9.68 Å². The van der Waals surface area contributed by atoms with Crippen molar-refractivity contribution in [2.24, 2.45) is 0 Å². The summed E-state index contributed by atoms with van der Waals surface area (Å²) >= 11 is 0. The first-order chi connectivity index (χ1) is 18.4. The van der Waals surface area contributed by atoms with Gasteiger partial charge in [-0.1, -0.05) is 129 Å². The van der Waals surface area contributed by atoms with E-state index in [1.54, 1.807) is 0 Å². The van der Waals surface area contributed by atoms with E-state index in [4.69, 9.17) is 9.68 Å². The summed E-state index contributed by atoms with van der Waals surface area (Å²) in [5, 5.41) is 21.9. The quantitative estimate of drug-likeness (QED) is 0.0502. The third-order valence-corrected chi connectivity index (χ3v) is 6.93. The van der Waals surface area contributed by atoms with Crippen LogP contribution in [0, 0.1) is 25.1 Å². The monoisotopic (exact) mass is 546 g/mol. The van der Waals surface area contributed by atoms with Crippen LogP contribution >= 0.6 is 0 Å². The average Bonchev–Trinajstić information content (AvgIpc) is 2.85. The zero-order chi connectivity index (χ0) is 28.3. The lowest BCUT2D eigenvalue weighted by Crippen LogP contribution is -2.32. The lowest BCUT2D eigenvalue weighted by Gasteiger charge is -2.10. The summed E-state index contributed by atoms with van der Waals surface area (Å²) in [6.07, 6.45) is 21.8. The molecule has 2 atom stereocenters. The summed E-state index contributed by atoms with van der Waals surface area (Å²) < 4.78 is 0. The van der Waals surface area contributed by atoms with Crippen LogP contribution in [0.5, 0.6) is 0 Å². The van der Waals surface area contributed by atoms with E-state index >= 15 is 0 Å². The van der Waals surface area contributed by atoms with Crippen molar-refractivity contribution in [3.8, 4) is 0 Å². The highest BCUT2D eigenvalue weighted by molar-refractivity contribution is 4.57. The lowest BCUT2D eigenvalue weighted by atomic mass is 10.0. The van der Waals surface area contributed by atoms with Gasteiger partial charge in [0.1, 0.15) is 4.91 Å². The molecular weight excluding hydrogens is 490 g/mol. The Morgan fingerprint density at radius 2 is 0.737 bits per heavy atom. The molecule has 0 heterocycles. The Balaban J connectivity index is 4.23. The van der Waals surface area contributed by atoms with Crippen molar-refractivity contribution < 1.29 is 24.6 Å². The van der Waals surface area contributed by atoms with E-state index in [1.807, 2.05) is 0 Å². The molecule has 0 fully saturated rings. The van der Waals surface area contributed by atoms with Gasteiger partial charge in [-0.25, -0.2) is 0 Å². The number of hydrogen-bond acceptors (Lipinski definition) is 7. The van der Waals surface area contributed by atoms with Gasteiger partial charge >= 0.3 is 5.09 Å². The van der Waals surface area contributed by atoms with Crippen LogP contribution in [0.3, 0.4) is 0 Å². The highest BCUT2D eigenvalue weighted by atomic mass is 17.0. The van der Waals surface area contributed by atoms with Crippen molar-refractivity contribution >= 4 is 0 Å². The first kappa shape index (κ1) is 36.0. The number of rotatable bonds is 30. The van der Waals surface area contributed by atoms with Crippen molar-refractivity contribution in [1.29, 1.82) is 0 Å². The Kier molecular flexibility index (Phi) is 25.2. The molecule has 0 aromatic carbocycles. The molecule has 0 rings (SSSR count). The van der Waals surface area contributed by atoms with Crippen molar-refractivity contribution in [3.63, 3.8) is 0 Å². The molecule has 0 spiro atoms. The van der Waals surface area contributed by atoms with Gasteiger partial charge in [0.2, 0.25) is 25.3 Å². The Labute approximate surface area is 230 Å². The normalized spacial score (nSPS) is 12.7. The summed E-state index contributed by atoms with van der Waals surface area (Å²) in [5.41, 5.74) is 0. The minimum atomic E-state index is -0.912. The molecule has 10 heteroatoms. The highest BCUT2D eigenvalue weighted by Crippen LogP contribution is 2.16. The number of nitro groups is 2. The molecule has 0 radical (unpaired) electrons. The molecule has 0 aromatic rings. The van der Waals surface area contributed by atoms with Gasteiger partial charge in [0, 0.05) is 9.85 Å². The summed E-state index contributed by atoms with van der Waals surface area (Å²) in [5.74, 6) is 0. The van der Waals surface area contributed by atoms with E-state index in [0.717, 1.165) is 51.4 Å². The topological polar surface area (TPSA) is 125 Å². The number of unbranched alkanes of at least 4 members (excludes halogenated alkanes) is 18. The largest absolute Gasteiger partial charge is 0.478 e. The molecule has 10 nitrogen and oxygen atoms in total. The Morgan fingerprint density at radius 3 is 1.00 bits per heavy atom. The Bertz CT molecular complexity index is 545. The summed E-state index contributed by atoms with van der Waals surface area (Å²) in [4.78, 5) is 43.6. The van der Waals surface area contributed by atoms with Gasteiger partial charge in [0.05, 0.1) is 0 Å². The number of nitrogens with zero attached hydrogens (tertiary/aromatic N) is 3.